The number of hydrogen-bond acceptors (Lipinski definition) is 3. The molecular weight excluding hydrogens is 425 g/mol. The minimum absolute atomic E-state index is 0.111. The van der Waals surface area contributed by atoms with E-state index < -0.39 is 0 Å². The molecule has 29 heavy (non-hydrogen) atoms. The van der Waals surface area contributed by atoms with Crippen molar-refractivity contribution in [2.75, 3.05) is 5.75 Å². The van der Waals surface area contributed by atoms with Crippen molar-refractivity contribution < 1.29 is 4.79 Å². The predicted molar refractivity (Wildman–Crippen MR) is 123 cm³/mol. The van der Waals surface area contributed by atoms with Crippen LogP contribution in [0.4, 0.5) is 0 Å². The van der Waals surface area contributed by atoms with Gasteiger partial charge in [-0.15, -0.1) is 11.8 Å². The third-order valence-electron chi connectivity index (χ3n) is 4.31. The van der Waals surface area contributed by atoms with Crippen LogP contribution < -0.4 is 5.43 Å². The Kier molecular flexibility index (Phi) is 7.42. The third kappa shape index (κ3) is 5.89. The highest BCUT2D eigenvalue weighted by atomic mass is 35.5. The summed E-state index contributed by atoms with van der Waals surface area (Å²) >= 11 is 13.9. The van der Waals surface area contributed by atoms with E-state index in [1.54, 1.807) is 24.0 Å². The summed E-state index contributed by atoms with van der Waals surface area (Å²) in [5, 5.41) is 5.27. The maximum absolute atomic E-state index is 12.0. The number of carbonyl (C=O) groups is 1. The van der Waals surface area contributed by atoms with Crippen LogP contribution in [0, 0.1) is 13.8 Å². The molecule has 0 aliphatic rings. The minimum Gasteiger partial charge on any atom is -0.318 e. The number of amides is 1. The molecule has 1 heterocycles. The Hall–Kier alpha value is -2.21. The number of thioether (sulfide) groups is 1. The largest absolute Gasteiger partial charge is 0.318 e. The van der Waals surface area contributed by atoms with Crippen LogP contribution in [0.15, 0.2) is 64.6 Å². The van der Waals surface area contributed by atoms with Gasteiger partial charge in [0, 0.05) is 49.8 Å². The van der Waals surface area contributed by atoms with Gasteiger partial charge in [-0.2, -0.15) is 5.10 Å². The first-order chi connectivity index (χ1) is 13.9. The Balaban J connectivity index is 1.60. The average molecular weight is 446 g/mol. The molecule has 7 heteroatoms. The van der Waals surface area contributed by atoms with Crippen molar-refractivity contribution in [3.8, 4) is 5.69 Å². The number of rotatable bonds is 7. The van der Waals surface area contributed by atoms with Gasteiger partial charge in [0.15, 0.2) is 0 Å². The standard InChI is InChI=1S/C22H21Cl2N3OS/c1-15-10-17(16(2)27(15)20-12-18(23)11-19(24)13-20)14-25-26-22(28)8-9-29-21-6-4-3-5-7-21/h3-7,10-14H,8-9H2,1-2H3,(H,26,28). The summed E-state index contributed by atoms with van der Waals surface area (Å²) in [4.78, 5) is 13.2. The van der Waals surface area contributed by atoms with E-state index in [0.29, 0.717) is 22.2 Å². The van der Waals surface area contributed by atoms with Crippen molar-refractivity contribution in [2.24, 2.45) is 5.10 Å². The first-order valence-electron chi connectivity index (χ1n) is 9.09. The first-order valence-corrected chi connectivity index (χ1v) is 10.8. The molecule has 0 saturated heterocycles. The molecule has 1 aromatic heterocycles. The number of carbonyl (C=O) groups excluding carboxylic acids is 1. The highest BCUT2D eigenvalue weighted by molar-refractivity contribution is 7.99. The molecule has 0 radical (unpaired) electrons. The Morgan fingerprint density at radius 2 is 1.79 bits per heavy atom. The summed E-state index contributed by atoms with van der Waals surface area (Å²) in [5.41, 5.74) is 6.41. The van der Waals surface area contributed by atoms with E-state index in [1.165, 1.54) is 0 Å². The number of nitrogens with one attached hydrogen (secondary N) is 1. The molecule has 0 aliphatic heterocycles. The summed E-state index contributed by atoms with van der Waals surface area (Å²) in [5.74, 6) is 0.593. The lowest BCUT2D eigenvalue weighted by molar-refractivity contribution is -0.120. The topological polar surface area (TPSA) is 46.4 Å². The van der Waals surface area contributed by atoms with Crippen LogP contribution in [0.1, 0.15) is 23.4 Å². The molecule has 0 fully saturated rings. The molecular formula is C22H21Cl2N3OS. The second kappa shape index (κ2) is 10.0. The number of nitrogens with zero attached hydrogens (tertiary/aromatic N) is 2. The van der Waals surface area contributed by atoms with Crippen molar-refractivity contribution in [2.45, 2.75) is 25.2 Å². The van der Waals surface area contributed by atoms with Crippen LogP contribution in [0.5, 0.6) is 0 Å². The van der Waals surface area contributed by atoms with Gasteiger partial charge in [0.25, 0.3) is 0 Å². The van der Waals surface area contributed by atoms with E-state index in [2.05, 4.69) is 15.1 Å². The number of hydrogen-bond donors (Lipinski definition) is 1. The molecule has 0 atom stereocenters. The number of hydrazone groups is 1. The molecule has 4 nitrogen and oxygen atoms in total. The molecule has 0 saturated carbocycles. The lowest BCUT2D eigenvalue weighted by Gasteiger charge is -2.10. The van der Waals surface area contributed by atoms with E-state index >= 15 is 0 Å². The van der Waals surface area contributed by atoms with Gasteiger partial charge in [-0.25, -0.2) is 5.43 Å². The van der Waals surface area contributed by atoms with E-state index in [9.17, 15) is 4.79 Å². The number of aromatic nitrogens is 1. The lowest BCUT2D eigenvalue weighted by Crippen LogP contribution is -2.17. The molecule has 2 aromatic carbocycles. The van der Waals surface area contributed by atoms with Crippen molar-refractivity contribution in [1.82, 2.24) is 9.99 Å². The van der Waals surface area contributed by atoms with Gasteiger partial charge in [0.1, 0.15) is 0 Å². The van der Waals surface area contributed by atoms with E-state index in [0.717, 1.165) is 27.5 Å². The van der Waals surface area contributed by atoms with Crippen LogP contribution in [-0.4, -0.2) is 22.4 Å². The van der Waals surface area contributed by atoms with Gasteiger partial charge in [-0.3, -0.25) is 4.79 Å². The number of aryl methyl sites for hydroxylation is 1. The smallest absolute Gasteiger partial charge is 0.240 e. The van der Waals surface area contributed by atoms with Crippen LogP contribution in [0.3, 0.4) is 0 Å². The number of benzene rings is 2. The predicted octanol–water partition coefficient (Wildman–Crippen LogP) is 6.03. The summed E-state index contributed by atoms with van der Waals surface area (Å²) in [6, 6.07) is 17.4. The van der Waals surface area contributed by atoms with Gasteiger partial charge in [-0.05, 0) is 50.2 Å². The fraction of sp³-hybridized carbons (Fsp3) is 0.182. The van der Waals surface area contributed by atoms with Gasteiger partial charge in [0.2, 0.25) is 5.91 Å². The fourth-order valence-corrected chi connectivity index (χ4v) is 4.38. The maximum Gasteiger partial charge on any atom is 0.240 e. The van der Waals surface area contributed by atoms with Crippen molar-refractivity contribution in [3.05, 3.63) is 81.6 Å². The summed E-state index contributed by atoms with van der Waals surface area (Å²) in [7, 11) is 0. The molecule has 3 aromatic rings. The van der Waals surface area contributed by atoms with Crippen LogP contribution in [0.2, 0.25) is 10.0 Å². The molecule has 0 aliphatic carbocycles. The normalized spacial score (nSPS) is 11.2. The lowest BCUT2D eigenvalue weighted by atomic mass is 10.2. The monoisotopic (exact) mass is 445 g/mol. The zero-order valence-electron chi connectivity index (χ0n) is 16.2. The van der Waals surface area contributed by atoms with Gasteiger partial charge in [-0.1, -0.05) is 41.4 Å². The van der Waals surface area contributed by atoms with Crippen molar-refractivity contribution >= 4 is 47.1 Å². The quantitative estimate of drug-likeness (QED) is 0.274. The Bertz CT molecular complexity index is 1010. The maximum atomic E-state index is 12.0. The molecule has 1 amide bonds. The average Bonchev–Trinajstić information content (AvgIpc) is 2.95. The molecule has 0 spiro atoms. The molecule has 0 bridgehead atoms. The molecule has 3 rings (SSSR count). The Morgan fingerprint density at radius 1 is 1.10 bits per heavy atom. The van der Waals surface area contributed by atoms with E-state index in [4.69, 9.17) is 23.2 Å². The molecule has 1 N–H and O–H groups in total. The molecule has 0 unspecified atom stereocenters. The number of halogens is 2. The van der Waals surface area contributed by atoms with Crippen molar-refractivity contribution in [3.63, 3.8) is 0 Å². The highest BCUT2D eigenvalue weighted by Gasteiger charge is 2.11. The van der Waals surface area contributed by atoms with Gasteiger partial charge < -0.3 is 4.57 Å². The fourth-order valence-electron chi connectivity index (χ4n) is 2.99. The van der Waals surface area contributed by atoms with Crippen molar-refractivity contribution in [1.29, 1.82) is 0 Å². The van der Waals surface area contributed by atoms with Gasteiger partial charge in [0.05, 0.1) is 6.21 Å². The van der Waals surface area contributed by atoms with Crippen LogP contribution in [0.25, 0.3) is 5.69 Å². The zero-order chi connectivity index (χ0) is 20.8. The van der Waals surface area contributed by atoms with Crippen LogP contribution >= 0.6 is 35.0 Å². The summed E-state index contributed by atoms with van der Waals surface area (Å²) < 4.78 is 2.05. The molecule has 150 valence electrons. The SMILES string of the molecule is Cc1cc(C=NNC(=O)CCSc2ccccc2)c(C)n1-c1cc(Cl)cc(Cl)c1. The van der Waals surface area contributed by atoms with Crippen LogP contribution in [-0.2, 0) is 4.79 Å². The minimum atomic E-state index is -0.111. The zero-order valence-corrected chi connectivity index (χ0v) is 18.5. The highest BCUT2D eigenvalue weighted by Crippen LogP contribution is 2.26. The third-order valence-corrected chi connectivity index (χ3v) is 5.76. The second-order valence-electron chi connectivity index (χ2n) is 6.49. The van der Waals surface area contributed by atoms with Gasteiger partial charge >= 0.3 is 0 Å². The summed E-state index contributed by atoms with van der Waals surface area (Å²) in [6.07, 6.45) is 2.06. The summed E-state index contributed by atoms with van der Waals surface area (Å²) in [6.45, 7) is 3.99. The Labute approximate surface area is 184 Å². The first kappa shape index (κ1) is 21.5. The van der Waals surface area contributed by atoms with E-state index in [-0.39, 0.29) is 5.91 Å². The van der Waals surface area contributed by atoms with E-state index in [1.807, 2.05) is 62.4 Å². The Morgan fingerprint density at radius 3 is 2.48 bits per heavy atom. The second-order valence-corrected chi connectivity index (χ2v) is 8.54.